The fourth-order valence-corrected chi connectivity index (χ4v) is 1.82. The van der Waals surface area contributed by atoms with Gasteiger partial charge in [-0.1, -0.05) is 17.3 Å². The predicted molar refractivity (Wildman–Crippen MR) is 66.8 cm³/mol. The lowest BCUT2D eigenvalue weighted by atomic mass is 10.2. The molecule has 0 fully saturated rings. The molecule has 0 aliphatic carbocycles. The Bertz CT molecular complexity index is 690. The molecule has 3 rings (SSSR count). The van der Waals surface area contributed by atoms with E-state index in [9.17, 15) is 5.11 Å². The molecule has 0 saturated carbocycles. The van der Waals surface area contributed by atoms with Crippen LogP contribution in [0.15, 0.2) is 50.0 Å². The molecular formula is C12H7BrN2O3. The fourth-order valence-electron chi connectivity index (χ4n) is 1.52. The molecule has 0 spiro atoms. The second-order valence-corrected chi connectivity index (χ2v) is 4.36. The van der Waals surface area contributed by atoms with Crippen molar-refractivity contribution in [1.29, 1.82) is 0 Å². The van der Waals surface area contributed by atoms with Crippen LogP contribution in [0.1, 0.15) is 0 Å². The molecule has 0 aliphatic heterocycles. The minimum Gasteiger partial charge on any atom is -0.508 e. The van der Waals surface area contributed by atoms with Crippen molar-refractivity contribution in [1.82, 2.24) is 10.1 Å². The Morgan fingerprint density at radius 2 is 2.06 bits per heavy atom. The Labute approximate surface area is 110 Å². The number of aromatic hydroxyl groups is 1. The molecule has 2 heterocycles. The van der Waals surface area contributed by atoms with Crippen LogP contribution in [0.4, 0.5) is 0 Å². The van der Waals surface area contributed by atoms with Crippen molar-refractivity contribution in [2.45, 2.75) is 0 Å². The van der Waals surface area contributed by atoms with Gasteiger partial charge in [0.05, 0.1) is 0 Å². The molecule has 18 heavy (non-hydrogen) atoms. The largest absolute Gasteiger partial charge is 0.508 e. The lowest BCUT2D eigenvalue weighted by Crippen LogP contribution is -1.80. The first-order chi connectivity index (χ1) is 8.72. The Kier molecular flexibility index (Phi) is 2.64. The summed E-state index contributed by atoms with van der Waals surface area (Å²) in [5, 5.41) is 13.2. The van der Waals surface area contributed by atoms with Crippen molar-refractivity contribution in [3.63, 3.8) is 0 Å². The van der Waals surface area contributed by atoms with Gasteiger partial charge in [0.15, 0.2) is 10.4 Å². The smallest absolute Gasteiger partial charge is 0.293 e. The van der Waals surface area contributed by atoms with E-state index in [2.05, 4.69) is 26.1 Å². The van der Waals surface area contributed by atoms with E-state index < -0.39 is 0 Å². The minimum absolute atomic E-state index is 0.152. The van der Waals surface area contributed by atoms with Gasteiger partial charge in [-0.2, -0.15) is 4.98 Å². The highest BCUT2D eigenvalue weighted by Gasteiger charge is 2.13. The third-order valence-electron chi connectivity index (χ3n) is 2.31. The zero-order valence-electron chi connectivity index (χ0n) is 9.00. The highest BCUT2D eigenvalue weighted by Crippen LogP contribution is 2.26. The van der Waals surface area contributed by atoms with E-state index in [1.54, 1.807) is 36.4 Å². The van der Waals surface area contributed by atoms with Crippen LogP contribution in [0.2, 0.25) is 0 Å². The molecule has 0 radical (unpaired) electrons. The number of phenolic OH excluding ortho intramolecular Hbond substituents is 1. The summed E-state index contributed by atoms with van der Waals surface area (Å²) in [6, 6.07) is 10.1. The zero-order valence-corrected chi connectivity index (χ0v) is 10.6. The molecule has 3 aromatic rings. The normalized spacial score (nSPS) is 10.7. The number of halogens is 1. The van der Waals surface area contributed by atoms with E-state index in [0.29, 0.717) is 27.7 Å². The Morgan fingerprint density at radius 1 is 1.17 bits per heavy atom. The lowest BCUT2D eigenvalue weighted by molar-refractivity contribution is 0.414. The lowest BCUT2D eigenvalue weighted by Gasteiger charge is -1.94. The summed E-state index contributed by atoms with van der Waals surface area (Å²) < 4.78 is 11.0. The summed E-state index contributed by atoms with van der Waals surface area (Å²) in [4.78, 5) is 4.20. The predicted octanol–water partition coefficient (Wildman–Crippen LogP) is 3.46. The number of aromatic nitrogens is 2. The van der Waals surface area contributed by atoms with E-state index in [1.165, 1.54) is 0 Å². The van der Waals surface area contributed by atoms with E-state index >= 15 is 0 Å². The molecule has 1 aromatic carbocycles. The molecule has 0 bridgehead atoms. The van der Waals surface area contributed by atoms with Crippen molar-refractivity contribution < 1.29 is 14.0 Å². The van der Waals surface area contributed by atoms with Crippen molar-refractivity contribution in [3.8, 4) is 28.8 Å². The van der Waals surface area contributed by atoms with Crippen LogP contribution >= 0.6 is 15.9 Å². The first-order valence-electron chi connectivity index (χ1n) is 5.11. The second-order valence-electron chi connectivity index (χ2n) is 3.58. The fraction of sp³-hybridized carbons (Fsp3) is 0. The molecule has 0 aliphatic rings. The van der Waals surface area contributed by atoms with Gasteiger partial charge >= 0.3 is 0 Å². The van der Waals surface area contributed by atoms with Crippen LogP contribution in [0, 0.1) is 0 Å². The number of rotatable bonds is 2. The summed E-state index contributed by atoms with van der Waals surface area (Å²) >= 11 is 3.20. The minimum atomic E-state index is 0.152. The average molecular weight is 307 g/mol. The molecule has 90 valence electrons. The van der Waals surface area contributed by atoms with E-state index in [1.807, 2.05) is 0 Å². The Morgan fingerprint density at radius 3 is 2.78 bits per heavy atom. The summed E-state index contributed by atoms with van der Waals surface area (Å²) in [6.07, 6.45) is 0. The third-order valence-corrected chi connectivity index (χ3v) is 2.74. The van der Waals surface area contributed by atoms with Crippen LogP contribution < -0.4 is 0 Å². The molecule has 0 unspecified atom stereocenters. The highest BCUT2D eigenvalue weighted by atomic mass is 79.9. The van der Waals surface area contributed by atoms with Crippen LogP contribution in [-0.2, 0) is 0 Å². The SMILES string of the molecule is Oc1cccc(-c2noc(-c3ccc(Br)o3)n2)c1. The van der Waals surface area contributed by atoms with E-state index in [0.717, 1.165) is 0 Å². The maximum Gasteiger partial charge on any atom is 0.293 e. The van der Waals surface area contributed by atoms with E-state index in [4.69, 9.17) is 8.94 Å². The summed E-state index contributed by atoms with van der Waals surface area (Å²) in [7, 11) is 0. The number of benzene rings is 1. The molecule has 5 nitrogen and oxygen atoms in total. The average Bonchev–Trinajstić information content (AvgIpc) is 2.97. The van der Waals surface area contributed by atoms with Gasteiger partial charge in [-0.15, -0.1) is 0 Å². The van der Waals surface area contributed by atoms with Gasteiger partial charge in [0.25, 0.3) is 5.89 Å². The number of furan rings is 1. The highest BCUT2D eigenvalue weighted by molar-refractivity contribution is 9.10. The number of phenols is 1. The molecule has 0 atom stereocenters. The van der Waals surface area contributed by atoms with Crippen LogP contribution in [0.3, 0.4) is 0 Å². The molecular weight excluding hydrogens is 300 g/mol. The van der Waals surface area contributed by atoms with Gasteiger partial charge in [-0.25, -0.2) is 0 Å². The Hall–Kier alpha value is -2.08. The summed E-state index contributed by atoms with van der Waals surface area (Å²) in [5.74, 6) is 1.33. The monoisotopic (exact) mass is 306 g/mol. The molecule has 1 N–H and O–H groups in total. The molecule has 0 saturated heterocycles. The van der Waals surface area contributed by atoms with Gasteiger partial charge in [-0.05, 0) is 40.2 Å². The van der Waals surface area contributed by atoms with Crippen LogP contribution in [-0.4, -0.2) is 15.2 Å². The Balaban J connectivity index is 1.99. The maximum absolute atomic E-state index is 9.39. The van der Waals surface area contributed by atoms with Gasteiger partial charge in [0, 0.05) is 5.56 Å². The summed E-state index contributed by atoms with van der Waals surface area (Å²) in [5.41, 5.74) is 0.677. The molecule has 0 amide bonds. The summed E-state index contributed by atoms with van der Waals surface area (Å²) in [6.45, 7) is 0. The number of hydrogen-bond donors (Lipinski definition) is 1. The zero-order chi connectivity index (χ0) is 12.5. The topological polar surface area (TPSA) is 72.3 Å². The first kappa shape index (κ1) is 11.0. The molecule has 6 heteroatoms. The number of hydrogen-bond acceptors (Lipinski definition) is 5. The van der Waals surface area contributed by atoms with Gasteiger partial charge in [-0.3, -0.25) is 0 Å². The standard InChI is InChI=1S/C12H7BrN2O3/c13-10-5-4-9(17-10)12-14-11(15-18-12)7-2-1-3-8(16)6-7/h1-6,16H. The van der Waals surface area contributed by atoms with Crippen LogP contribution in [0.25, 0.3) is 23.0 Å². The maximum atomic E-state index is 9.39. The molecule has 2 aromatic heterocycles. The van der Waals surface area contributed by atoms with Crippen molar-refractivity contribution in [2.24, 2.45) is 0 Å². The quantitative estimate of drug-likeness (QED) is 0.785. The van der Waals surface area contributed by atoms with Gasteiger partial charge in [0.1, 0.15) is 5.75 Å². The van der Waals surface area contributed by atoms with Gasteiger partial charge in [0.2, 0.25) is 5.82 Å². The van der Waals surface area contributed by atoms with Crippen molar-refractivity contribution >= 4 is 15.9 Å². The number of nitrogens with zero attached hydrogens (tertiary/aromatic N) is 2. The first-order valence-corrected chi connectivity index (χ1v) is 5.90. The van der Waals surface area contributed by atoms with Crippen molar-refractivity contribution in [3.05, 3.63) is 41.1 Å². The van der Waals surface area contributed by atoms with Crippen molar-refractivity contribution in [2.75, 3.05) is 0 Å². The second kappa shape index (κ2) is 4.30. The van der Waals surface area contributed by atoms with E-state index in [-0.39, 0.29) is 5.75 Å². The van der Waals surface area contributed by atoms with Crippen LogP contribution in [0.5, 0.6) is 5.75 Å². The van der Waals surface area contributed by atoms with Gasteiger partial charge < -0.3 is 14.0 Å². The third kappa shape index (κ3) is 2.02.